The number of amides is 1. The molecule has 1 aliphatic rings. The summed E-state index contributed by atoms with van der Waals surface area (Å²) in [5.74, 6) is 0.120. The van der Waals surface area contributed by atoms with E-state index in [1.807, 2.05) is 13.8 Å². The number of nitrogens with one attached hydrogen (secondary N) is 1. The summed E-state index contributed by atoms with van der Waals surface area (Å²) in [6, 6.07) is 0. The van der Waals surface area contributed by atoms with Crippen molar-refractivity contribution in [3.63, 3.8) is 0 Å². The van der Waals surface area contributed by atoms with Crippen molar-refractivity contribution in [2.24, 2.45) is 11.1 Å². The minimum atomic E-state index is 0. The number of carbonyl (C=O) groups excluding carboxylic acids is 1. The highest BCUT2D eigenvalue weighted by Crippen LogP contribution is 2.38. The van der Waals surface area contributed by atoms with Gasteiger partial charge in [0.05, 0.1) is 12.7 Å². The van der Waals surface area contributed by atoms with Gasteiger partial charge < -0.3 is 15.8 Å². The Hall–Kier alpha value is -0.320. The van der Waals surface area contributed by atoms with Crippen molar-refractivity contribution in [2.45, 2.75) is 58.5 Å². The van der Waals surface area contributed by atoms with Gasteiger partial charge in [0.25, 0.3) is 0 Å². The van der Waals surface area contributed by atoms with Gasteiger partial charge in [-0.3, -0.25) is 4.79 Å². The lowest BCUT2D eigenvalue weighted by Crippen LogP contribution is -2.39. The van der Waals surface area contributed by atoms with Crippen molar-refractivity contribution in [1.29, 1.82) is 0 Å². The molecule has 1 rings (SSSR count). The number of ether oxygens (including phenoxy) is 1. The summed E-state index contributed by atoms with van der Waals surface area (Å²) in [6.45, 7) is 5.79. The highest BCUT2D eigenvalue weighted by molar-refractivity contribution is 5.85. The Morgan fingerprint density at radius 3 is 2.47 bits per heavy atom. The van der Waals surface area contributed by atoms with Gasteiger partial charge in [0.15, 0.2) is 0 Å². The second-order valence-corrected chi connectivity index (χ2v) is 5.71. The molecule has 0 heterocycles. The summed E-state index contributed by atoms with van der Waals surface area (Å²) >= 11 is 0. The molecule has 0 unspecified atom stereocenters. The standard InChI is InChI=1S/C14H28N2O2.ClH/c1-12(2)18-9-8-16-13(17)10-14(11-15)6-4-3-5-7-14;/h12H,3-11,15H2,1-2H3,(H,16,17);1H. The molecule has 0 bridgehead atoms. The van der Waals surface area contributed by atoms with Crippen molar-refractivity contribution in [1.82, 2.24) is 5.32 Å². The predicted molar refractivity (Wildman–Crippen MR) is 80.5 cm³/mol. The first kappa shape index (κ1) is 18.7. The number of carbonyl (C=O) groups is 1. The van der Waals surface area contributed by atoms with E-state index < -0.39 is 0 Å². The van der Waals surface area contributed by atoms with Crippen molar-refractivity contribution >= 4 is 18.3 Å². The fraction of sp³-hybridized carbons (Fsp3) is 0.929. The van der Waals surface area contributed by atoms with E-state index in [2.05, 4.69) is 5.32 Å². The number of hydrogen-bond donors (Lipinski definition) is 2. The van der Waals surface area contributed by atoms with Crippen molar-refractivity contribution in [3.05, 3.63) is 0 Å². The smallest absolute Gasteiger partial charge is 0.220 e. The Balaban J connectivity index is 0.00000324. The van der Waals surface area contributed by atoms with Crippen LogP contribution in [0.15, 0.2) is 0 Å². The topological polar surface area (TPSA) is 64.3 Å². The van der Waals surface area contributed by atoms with Gasteiger partial charge in [-0.2, -0.15) is 0 Å². The van der Waals surface area contributed by atoms with Gasteiger partial charge in [-0.15, -0.1) is 12.4 Å². The maximum Gasteiger partial charge on any atom is 0.220 e. The number of nitrogens with two attached hydrogens (primary N) is 1. The zero-order valence-electron chi connectivity index (χ0n) is 12.2. The summed E-state index contributed by atoms with van der Waals surface area (Å²) in [4.78, 5) is 11.9. The molecule has 0 aromatic rings. The molecule has 4 nitrogen and oxygen atoms in total. The van der Waals surface area contributed by atoms with E-state index in [0.717, 1.165) is 12.8 Å². The molecule has 0 spiro atoms. The second-order valence-electron chi connectivity index (χ2n) is 5.71. The molecular weight excluding hydrogens is 264 g/mol. The van der Waals surface area contributed by atoms with Gasteiger partial charge >= 0.3 is 0 Å². The normalized spacial score (nSPS) is 17.9. The monoisotopic (exact) mass is 292 g/mol. The summed E-state index contributed by atoms with van der Waals surface area (Å²) < 4.78 is 5.39. The van der Waals surface area contributed by atoms with Crippen LogP contribution in [-0.4, -0.2) is 31.7 Å². The highest BCUT2D eigenvalue weighted by Gasteiger charge is 2.32. The molecule has 0 radical (unpaired) electrons. The molecule has 1 amide bonds. The molecule has 1 aliphatic carbocycles. The van der Waals surface area contributed by atoms with Gasteiger partial charge in [0, 0.05) is 13.0 Å². The lowest BCUT2D eigenvalue weighted by molar-refractivity contribution is -0.124. The van der Waals surface area contributed by atoms with Crippen molar-refractivity contribution in [2.75, 3.05) is 19.7 Å². The van der Waals surface area contributed by atoms with E-state index in [1.54, 1.807) is 0 Å². The second kappa shape index (κ2) is 9.56. The van der Waals surface area contributed by atoms with E-state index >= 15 is 0 Å². The third kappa shape index (κ3) is 7.14. The van der Waals surface area contributed by atoms with E-state index in [-0.39, 0.29) is 29.8 Å². The summed E-state index contributed by atoms with van der Waals surface area (Å²) in [5.41, 5.74) is 5.93. The predicted octanol–water partition coefficient (Wildman–Crippen LogP) is 2.25. The zero-order chi connectivity index (χ0) is 13.4. The molecule has 0 aromatic carbocycles. The number of halogens is 1. The van der Waals surface area contributed by atoms with Crippen LogP contribution < -0.4 is 11.1 Å². The first-order valence-corrected chi connectivity index (χ1v) is 7.16. The molecule has 0 aromatic heterocycles. The van der Waals surface area contributed by atoms with Crippen LogP contribution in [0.25, 0.3) is 0 Å². The van der Waals surface area contributed by atoms with Gasteiger partial charge in [0.2, 0.25) is 5.91 Å². The Morgan fingerprint density at radius 2 is 1.95 bits per heavy atom. The minimum absolute atomic E-state index is 0. The van der Waals surface area contributed by atoms with Gasteiger partial charge in [0.1, 0.15) is 0 Å². The average molecular weight is 293 g/mol. The number of hydrogen-bond acceptors (Lipinski definition) is 3. The van der Waals surface area contributed by atoms with Gasteiger partial charge in [-0.05, 0) is 38.6 Å². The Morgan fingerprint density at radius 1 is 1.32 bits per heavy atom. The molecule has 5 heteroatoms. The fourth-order valence-electron chi connectivity index (χ4n) is 2.64. The maximum atomic E-state index is 11.9. The molecule has 0 atom stereocenters. The first-order valence-electron chi connectivity index (χ1n) is 7.16. The molecule has 0 aliphatic heterocycles. The molecule has 1 fully saturated rings. The van der Waals surface area contributed by atoms with Crippen LogP contribution in [0, 0.1) is 5.41 Å². The Kier molecular flexibility index (Phi) is 9.40. The lowest BCUT2D eigenvalue weighted by atomic mass is 9.72. The van der Waals surface area contributed by atoms with E-state index in [4.69, 9.17) is 10.5 Å². The first-order chi connectivity index (χ1) is 8.58. The fourth-order valence-corrected chi connectivity index (χ4v) is 2.64. The Labute approximate surface area is 123 Å². The van der Waals surface area contributed by atoms with Crippen LogP contribution in [0.4, 0.5) is 0 Å². The third-order valence-corrected chi connectivity index (χ3v) is 3.76. The minimum Gasteiger partial charge on any atom is -0.377 e. The van der Waals surface area contributed by atoms with Crippen molar-refractivity contribution in [3.8, 4) is 0 Å². The van der Waals surface area contributed by atoms with Crippen molar-refractivity contribution < 1.29 is 9.53 Å². The summed E-state index contributed by atoms with van der Waals surface area (Å²) in [6.07, 6.45) is 6.69. The van der Waals surface area contributed by atoms with Crippen LogP contribution in [0.3, 0.4) is 0 Å². The SMILES string of the molecule is CC(C)OCCNC(=O)CC1(CN)CCCCC1.Cl. The Bertz CT molecular complexity index is 254. The lowest BCUT2D eigenvalue weighted by Gasteiger charge is -2.35. The molecule has 0 saturated heterocycles. The molecule has 1 saturated carbocycles. The molecular formula is C14H29ClN2O2. The summed E-state index contributed by atoms with van der Waals surface area (Å²) in [5, 5.41) is 2.92. The largest absolute Gasteiger partial charge is 0.377 e. The molecule has 114 valence electrons. The van der Waals surface area contributed by atoms with Crippen LogP contribution in [0.1, 0.15) is 52.4 Å². The zero-order valence-corrected chi connectivity index (χ0v) is 13.1. The highest BCUT2D eigenvalue weighted by atomic mass is 35.5. The quantitative estimate of drug-likeness (QED) is 0.707. The van der Waals surface area contributed by atoms with E-state index in [0.29, 0.717) is 26.1 Å². The number of rotatable bonds is 7. The average Bonchev–Trinajstić information content (AvgIpc) is 2.35. The van der Waals surface area contributed by atoms with Gasteiger partial charge in [-0.25, -0.2) is 0 Å². The van der Waals surface area contributed by atoms with Crippen LogP contribution in [0.2, 0.25) is 0 Å². The summed E-state index contributed by atoms with van der Waals surface area (Å²) in [7, 11) is 0. The van der Waals surface area contributed by atoms with Gasteiger partial charge in [-0.1, -0.05) is 19.3 Å². The van der Waals surface area contributed by atoms with Crippen LogP contribution >= 0.6 is 12.4 Å². The maximum absolute atomic E-state index is 11.9. The third-order valence-electron chi connectivity index (χ3n) is 3.76. The van der Waals surface area contributed by atoms with Crippen LogP contribution in [0.5, 0.6) is 0 Å². The van der Waals surface area contributed by atoms with Crippen LogP contribution in [-0.2, 0) is 9.53 Å². The molecule has 19 heavy (non-hydrogen) atoms. The molecule has 3 N–H and O–H groups in total. The van der Waals surface area contributed by atoms with E-state index in [9.17, 15) is 4.79 Å². The van der Waals surface area contributed by atoms with E-state index in [1.165, 1.54) is 19.3 Å².